The Bertz CT molecular complexity index is 410. The third-order valence-electron chi connectivity index (χ3n) is 1.77. The zero-order valence-electron chi connectivity index (χ0n) is 8.48. The van der Waals surface area contributed by atoms with E-state index in [0.29, 0.717) is 5.38 Å². The SMILES string of the molecule is CCOC(=O)C(F)(F)c1csc(C(F)(F)F)c1. The van der Waals surface area contributed by atoms with Crippen LogP contribution in [0.3, 0.4) is 0 Å². The topological polar surface area (TPSA) is 26.3 Å². The largest absolute Gasteiger partial charge is 0.461 e. The number of hydrogen-bond acceptors (Lipinski definition) is 3. The number of carbonyl (C=O) groups is 1. The fourth-order valence-electron chi connectivity index (χ4n) is 0.989. The Morgan fingerprint density at radius 3 is 2.35 bits per heavy atom. The first-order valence-corrected chi connectivity index (χ1v) is 5.28. The predicted octanol–water partition coefficient (Wildman–Crippen LogP) is 3.42. The van der Waals surface area contributed by atoms with Crippen molar-refractivity contribution in [3.05, 3.63) is 21.9 Å². The summed E-state index contributed by atoms with van der Waals surface area (Å²) >= 11 is 0.106. The minimum Gasteiger partial charge on any atom is -0.461 e. The van der Waals surface area contributed by atoms with Gasteiger partial charge in [-0.15, -0.1) is 11.3 Å². The van der Waals surface area contributed by atoms with Gasteiger partial charge in [0.15, 0.2) is 0 Å². The highest BCUT2D eigenvalue weighted by Crippen LogP contribution is 2.39. The molecule has 0 aliphatic carbocycles. The van der Waals surface area contributed by atoms with Crippen molar-refractivity contribution in [2.45, 2.75) is 19.0 Å². The second-order valence-electron chi connectivity index (χ2n) is 2.99. The van der Waals surface area contributed by atoms with E-state index >= 15 is 0 Å². The summed E-state index contributed by atoms with van der Waals surface area (Å²) in [4.78, 5) is 9.69. The van der Waals surface area contributed by atoms with Gasteiger partial charge in [-0.2, -0.15) is 22.0 Å². The van der Waals surface area contributed by atoms with Crippen LogP contribution in [0.5, 0.6) is 0 Å². The maximum absolute atomic E-state index is 13.3. The molecular weight excluding hydrogens is 267 g/mol. The number of halogens is 5. The summed E-state index contributed by atoms with van der Waals surface area (Å²) in [7, 11) is 0. The molecule has 0 aliphatic heterocycles. The lowest BCUT2D eigenvalue weighted by molar-refractivity contribution is -0.173. The van der Waals surface area contributed by atoms with Crippen LogP contribution in [0.4, 0.5) is 22.0 Å². The summed E-state index contributed by atoms with van der Waals surface area (Å²) < 4.78 is 67.3. The van der Waals surface area contributed by atoms with Gasteiger partial charge in [-0.1, -0.05) is 0 Å². The molecule has 0 aliphatic rings. The molecule has 0 saturated carbocycles. The van der Waals surface area contributed by atoms with E-state index in [1.165, 1.54) is 6.92 Å². The molecular formula is C9H7F5O2S. The molecule has 0 bridgehead atoms. The molecule has 96 valence electrons. The molecule has 0 fully saturated rings. The molecule has 2 nitrogen and oxygen atoms in total. The lowest BCUT2D eigenvalue weighted by Gasteiger charge is -2.12. The lowest BCUT2D eigenvalue weighted by Crippen LogP contribution is -2.27. The molecule has 1 aromatic heterocycles. The predicted molar refractivity (Wildman–Crippen MR) is 49.8 cm³/mol. The molecule has 0 amide bonds. The fourth-order valence-corrected chi connectivity index (χ4v) is 1.79. The highest BCUT2D eigenvalue weighted by atomic mass is 32.1. The second kappa shape index (κ2) is 4.59. The second-order valence-corrected chi connectivity index (χ2v) is 3.90. The number of esters is 1. The van der Waals surface area contributed by atoms with Gasteiger partial charge in [0.2, 0.25) is 0 Å². The van der Waals surface area contributed by atoms with Crippen LogP contribution in [-0.4, -0.2) is 12.6 Å². The number of carbonyl (C=O) groups excluding carboxylic acids is 1. The molecule has 1 heterocycles. The number of thiophene rings is 1. The molecule has 0 N–H and O–H groups in total. The molecule has 1 rings (SSSR count). The summed E-state index contributed by atoms with van der Waals surface area (Å²) in [6.07, 6.45) is -4.70. The summed E-state index contributed by atoms with van der Waals surface area (Å²) in [6, 6.07) is 0.252. The number of ether oxygens (including phenoxy) is 1. The van der Waals surface area contributed by atoms with Crippen molar-refractivity contribution >= 4 is 17.3 Å². The van der Waals surface area contributed by atoms with E-state index in [4.69, 9.17) is 0 Å². The monoisotopic (exact) mass is 274 g/mol. The van der Waals surface area contributed by atoms with Gasteiger partial charge in [0.1, 0.15) is 4.88 Å². The third kappa shape index (κ3) is 2.93. The normalized spacial score (nSPS) is 12.6. The van der Waals surface area contributed by atoms with Gasteiger partial charge >= 0.3 is 18.1 Å². The van der Waals surface area contributed by atoms with Crippen LogP contribution >= 0.6 is 11.3 Å². The Kier molecular flexibility index (Phi) is 3.75. The van der Waals surface area contributed by atoms with E-state index in [1.807, 2.05) is 0 Å². The van der Waals surface area contributed by atoms with Crippen LogP contribution < -0.4 is 0 Å². The van der Waals surface area contributed by atoms with Crippen molar-refractivity contribution in [2.24, 2.45) is 0 Å². The summed E-state index contributed by atoms with van der Waals surface area (Å²) in [5, 5.41) is 0.597. The maximum atomic E-state index is 13.3. The highest BCUT2D eigenvalue weighted by Gasteiger charge is 2.45. The van der Waals surface area contributed by atoms with Crippen LogP contribution in [0.2, 0.25) is 0 Å². The standard InChI is InChI=1S/C9H7F5O2S/c1-2-16-7(15)8(10,11)5-3-6(17-4-5)9(12,13)14/h3-4H,2H2,1H3. The van der Waals surface area contributed by atoms with Crippen molar-refractivity contribution in [1.29, 1.82) is 0 Å². The van der Waals surface area contributed by atoms with E-state index in [0.717, 1.165) is 0 Å². The highest BCUT2D eigenvalue weighted by molar-refractivity contribution is 7.10. The van der Waals surface area contributed by atoms with Crippen molar-refractivity contribution in [2.75, 3.05) is 6.61 Å². The van der Waals surface area contributed by atoms with Gasteiger partial charge in [-0.05, 0) is 13.0 Å². The molecule has 0 aromatic carbocycles. The molecule has 1 aromatic rings. The number of hydrogen-bond donors (Lipinski definition) is 0. The van der Waals surface area contributed by atoms with Gasteiger partial charge < -0.3 is 4.74 Å². The third-order valence-corrected chi connectivity index (χ3v) is 2.75. The summed E-state index contributed by atoms with van der Waals surface area (Å²) in [5.41, 5.74) is -1.01. The van der Waals surface area contributed by atoms with Crippen molar-refractivity contribution in [3.8, 4) is 0 Å². The summed E-state index contributed by atoms with van der Waals surface area (Å²) in [6.45, 7) is 1.05. The molecule has 0 spiro atoms. The molecule has 0 unspecified atom stereocenters. The van der Waals surface area contributed by atoms with Crippen molar-refractivity contribution < 1.29 is 31.5 Å². The number of rotatable bonds is 3. The fraction of sp³-hybridized carbons (Fsp3) is 0.444. The number of alkyl halides is 5. The minimum absolute atomic E-state index is 0.106. The molecule has 0 atom stereocenters. The van der Waals surface area contributed by atoms with Crippen LogP contribution in [0.25, 0.3) is 0 Å². The lowest BCUT2D eigenvalue weighted by atomic mass is 10.1. The molecule has 17 heavy (non-hydrogen) atoms. The van der Waals surface area contributed by atoms with Gasteiger partial charge in [0, 0.05) is 10.9 Å². The van der Waals surface area contributed by atoms with Gasteiger partial charge in [-0.25, -0.2) is 4.79 Å². The van der Waals surface area contributed by atoms with E-state index in [9.17, 15) is 26.7 Å². The average molecular weight is 274 g/mol. The Hall–Kier alpha value is -1.18. The van der Waals surface area contributed by atoms with Gasteiger partial charge in [0.25, 0.3) is 0 Å². The molecule has 8 heteroatoms. The smallest absolute Gasteiger partial charge is 0.425 e. The van der Waals surface area contributed by atoms with E-state index in [2.05, 4.69) is 4.74 Å². The van der Waals surface area contributed by atoms with Crippen molar-refractivity contribution in [3.63, 3.8) is 0 Å². The minimum atomic E-state index is -4.70. The van der Waals surface area contributed by atoms with E-state index in [1.54, 1.807) is 0 Å². The van der Waals surface area contributed by atoms with Crippen LogP contribution in [-0.2, 0) is 21.6 Å². The van der Waals surface area contributed by atoms with Crippen LogP contribution in [0.1, 0.15) is 17.4 Å². The quantitative estimate of drug-likeness (QED) is 0.623. The Balaban J connectivity index is 3.00. The van der Waals surface area contributed by atoms with E-state index < -0.39 is 28.5 Å². The molecule has 0 radical (unpaired) electrons. The van der Waals surface area contributed by atoms with Crippen LogP contribution in [0, 0.1) is 0 Å². The first kappa shape index (κ1) is 13.9. The van der Waals surface area contributed by atoms with Gasteiger partial charge in [-0.3, -0.25) is 0 Å². The first-order valence-electron chi connectivity index (χ1n) is 4.40. The Labute approximate surface area is 97.0 Å². The van der Waals surface area contributed by atoms with E-state index in [-0.39, 0.29) is 24.0 Å². The molecule has 0 saturated heterocycles. The Morgan fingerprint density at radius 2 is 1.94 bits per heavy atom. The maximum Gasteiger partial charge on any atom is 0.425 e. The van der Waals surface area contributed by atoms with Crippen LogP contribution in [0.15, 0.2) is 11.4 Å². The average Bonchev–Trinajstić information content (AvgIpc) is 2.66. The van der Waals surface area contributed by atoms with Crippen molar-refractivity contribution in [1.82, 2.24) is 0 Å². The first-order chi connectivity index (χ1) is 7.69. The van der Waals surface area contributed by atoms with Gasteiger partial charge in [0.05, 0.1) is 6.61 Å². The Morgan fingerprint density at radius 1 is 1.35 bits per heavy atom. The summed E-state index contributed by atoms with van der Waals surface area (Å²) in [5.74, 6) is -5.91. The zero-order valence-corrected chi connectivity index (χ0v) is 9.29. The zero-order chi connectivity index (χ0) is 13.3.